The number of hydrogen-bond acceptors (Lipinski definition) is 4. The zero-order chi connectivity index (χ0) is 21.8. The summed E-state index contributed by atoms with van der Waals surface area (Å²) in [4.78, 5) is 23.7. The number of amides is 2. The van der Waals surface area contributed by atoms with Gasteiger partial charge in [-0.3, -0.25) is 9.59 Å². The van der Waals surface area contributed by atoms with Crippen molar-refractivity contribution in [2.75, 3.05) is 11.9 Å². The van der Waals surface area contributed by atoms with Crippen molar-refractivity contribution in [3.8, 4) is 0 Å². The van der Waals surface area contributed by atoms with E-state index in [1.165, 1.54) is 43.7 Å². The first kappa shape index (κ1) is 22.0. The molecule has 7 nitrogen and oxygen atoms in total. The van der Waals surface area contributed by atoms with E-state index in [2.05, 4.69) is 27.5 Å². The Morgan fingerprint density at radius 3 is 2.20 bits per heavy atom. The fourth-order valence-electron chi connectivity index (χ4n) is 3.65. The van der Waals surface area contributed by atoms with Crippen LogP contribution in [0.3, 0.4) is 0 Å². The SMILES string of the molecule is CC(=O)Nc1ccc(S(=O)(=O)N[C@H](C)C(=O)NCC2(c3ccccc3)CCC2)cc1. The van der Waals surface area contributed by atoms with Gasteiger partial charge in [0.1, 0.15) is 0 Å². The van der Waals surface area contributed by atoms with E-state index >= 15 is 0 Å². The fraction of sp³-hybridized carbons (Fsp3) is 0.364. The molecule has 8 heteroatoms. The topological polar surface area (TPSA) is 104 Å². The molecular weight excluding hydrogens is 402 g/mol. The van der Waals surface area contributed by atoms with E-state index in [4.69, 9.17) is 0 Å². The van der Waals surface area contributed by atoms with E-state index in [1.54, 1.807) is 0 Å². The largest absolute Gasteiger partial charge is 0.354 e. The van der Waals surface area contributed by atoms with Gasteiger partial charge in [-0.25, -0.2) is 8.42 Å². The Hall–Kier alpha value is -2.71. The molecule has 1 atom stereocenters. The van der Waals surface area contributed by atoms with Gasteiger partial charge in [0.2, 0.25) is 21.8 Å². The van der Waals surface area contributed by atoms with E-state index in [-0.39, 0.29) is 22.1 Å². The second-order valence-corrected chi connectivity index (χ2v) is 9.48. The van der Waals surface area contributed by atoms with Gasteiger partial charge in [0.25, 0.3) is 0 Å². The van der Waals surface area contributed by atoms with E-state index in [0.29, 0.717) is 12.2 Å². The van der Waals surface area contributed by atoms with Crippen LogP contribution in [-0.2, 0) is 25.0 Å². The average Bonchev–Trinajstić information content (AvgIpc) is 2.67. The first-order valence-corrected chi connectivity index (χ1v) is 11.4. The maximum Gasteiger partial charge on any atom is 0.241 e. The number of nitrogens with one attached hydrogen (secondary N) is 3. The number of carbonyl (C=O) groups excluding carboxylic acids is 2. The molecule has 30 heavy (non-hydrogen) atoms. The van der Waals surface area contributed by atoms with Gasteiger partial charge in [-0.05, 0) is 49.6 Å². The summed E-state index contributed by atoms with van der Waals surface area (Å²) in [5.74, 6) is -0.607. The maximum absolute atomic E-state index is 12.6. The molecule has 0 aliphatic heterocycles. The Morgan fingerprint density at radius 2 is 1.67 bits per heavy atom. The third-order valence-electron chi connectivity index (χ3n) is 5.51. The van der Waals surface area contributed by atoms with Gasteiger partial charge in [0.15, 0.2) is 0 Å². The Balaban J connectivity index is 1.60. The summed E-state index contributed by atoms with van der Waals surface area (Å²) < 4.78 is 27.6. The molecule has 1 aliphatic carbocycles. The van der Waals surface area contributed by atoms with Crippen molar-refractivity contribution in [1.29, 1.82) is 0 Å². The molecule has 3 N–H and O–H groups in total. The van der Waals surface area contributed by atoms with Crippen LogP contribution in [0.15, 0.2) is 59.5 Å². The van der Waals surface area contributed by atoms with Crippen LogP contribution in [0.5, 0.6) is 0 Å². The molecule has 2 aromatic carbocycles. The first-order valence-electron chi connectivity index (χ1n) is 9.95. The van der Waals surface area contributed by atoms with Crippen LogP contribution in [-0.4, -0.2) is 32.8 Å². The van der Waals surface area contributed by atoms with Crippen molar-refractivity contribution >= 4 is 27.5 Å². The lowest BCUT2D eigenvalue weighted by Crippen LogP contribution is -2.50. The predicted molar refractivity (Wildman–Crippen MR) is 116 cm³/mol. The van der Waals surface area contributed by atoms with Gasteiger partial charge in [-0.2, -0.15) is 4.72 Å². The van der Waals surface area contributed by atoms with E-state index in [9.17, 15) is 18.0 Å². The van der Waals surface area contributed by atoms with Crippen LogP contribution in [0, 0.1) is 0 Å². The number of rotatable bonds is 8. The van der Waals surface area contributed by atoms with Gasteiger partial charge in [0, 0.05) is 24.6 Å². The molecule has 0 unspecified atom stereocenters. The van der Waals surface area contributed by atoms with Gasteiger partial charge >= 0.3 is 0 Å². The third kappa shape index (κ3) is 5.06. The van der Waals surface area contributed by atoms with Crippen LogP contribution < -0.4 is 15.4 Å². The molecule has 2 aromatic rings. The lowest BCUT2D eigenvalue weighted by atomic mass is 9.64. The zero-order valence-electron chi connectivity index (χ0n) is 17.1. The average molecular weight is 430 g/mol. The second-order valence-electron chi connectivity index (χ2n) is 7.77. The highest BCUT2D eigenvalue weighted by Crippen LogP contribution is 2.43. The van der Waals surface area contributed by atoms with Crippen molar-refractivity contribution < 1.29 is 18.0 Å². The van der Waals surface area contributed by atoms with Crippen molar-refractivity contribution in [2.45, 2.75) is 49.5 Å². The van der Waals surface area contributed by atoms with Gasteiger partial charge in [-0.15, -0.1) is 0 Å². The van der Waals surface area contributed by atoms with Gasteiger partial charge in [0.05, 0.1) is 10.9 Å². The summed E-state index contributed by atoms with van der Waals surface area (Å²) in [6, 6.07) is 14.9. The molecule has 0 spiro atoms. The molecule has 0 bridgehead atoms. The minimum Gasteiger partial charge on any atom is -0.354 e. The molecular formula is C22H27N3O4S. The molecule has 160 valence electrons. The van der Waals surface area contributed by atoms with Gasteiger partial charge < -0.3 is 10.6 Å². The minimum absolute atomic E-state index is 0.0241. The van der Waals surface area contributed by atoms with Crippen molar-refractivity contribution in [3.05, 3.63) is 60.2 Å². The standard InChI is InChI=1S/C22H27N3O4S/c1-16(25-30(28,29)20-11-9-19(10-12-20)24-17(2)26)21(27)23-15-22(13-6-14-22)18-7-4-3-5-8-18/h3-5,7-12,16,25H,6,13-15H2,1-2H3,(H,23,27)(H,24,26)/t16-/m1/s1. The number of hydrogen-bond donors (Lipinski definition) is 3. The second kappa shape index (κ2) is 8.97. The summed E-state index contributed by atoms with van der Waals surface area (Å²) in [7, 11) is -3.87. The highest BCUT2D eigenvalue weighted by atomic mass is 32.2. The number of carbonyl (C=O) groups is 2. The lowest BCUT2D eigenvalue weighted by molar-refractivity contribution is -0.122. The van der Waals surface area contributed by atoms with E-state index < -0.39 is 16.1 Å². The number of anilines is 1. The predicted octanol–water partition coefficient (Wildman–Crippen LogP) is 2.55. The maximum atomic E-state index is 12.6. The Morgan fingerprint density at radius 1 is 1.03 bits per heavy atom. The zero-order valence-corrected chi connectivity index (χ0v) is 18.0. The van der Waals surface area contributed by atoms with Crippen LogP contribution in [0.25, 0.3) is 0 Å². The summed E-state index contributed by atoms with van der Waals surface area (Å²) in [5, 5.41) is 5.49. The third-order valence-corrected chi connectivity index (χ3v) is 7.06. The molecule has 0 heterocycles. The van der Waals surface area contributed by atoms with E-state index in [0.717, 1.165) is 19.3 Å². The number of sulfonamides is 1. The Labute approximate surface area is 177 Å². The number of benzene rings is 2. The quantitative estimate of drug-likeness (QED) is 0.600. The summed E-state index contributed by atoms with van der Waals surface area (Å²) in [6.07, 6.45) is 3.11. The monoisotopic (exact) mass is 429 g/mol. The summed E-state index contributed by atoms with van der Waals surface area (Å²) in [6.45, 7) is 3.37. The minimum atomic E-state index is -3.87. The molecule has 0 radical (unpaired) electrons. The normalized spacial score (nSPS) is 16.2. The molecule has 1 aliphatic rings. The highest BCUT2D eigenvalue weighted by Gasteiger charge is 2.39. The van der Waals surface area contributed by atoms with Crippen LogP contribution in [0.4, 0.5) is 5.69 Å². The smallest absolute Gasteiger partial charge is 0.241 e. The van der Waals surface area contributed by atoms with Crippen molar-refractivity contribution in [3.63, 3.8) is 0 Å². The molecule has 0 saturated heterocycles. The Kier molecular flexibility index (Phi) is 6.58. The highest BCUT2D eigenvalue weighted by molar-refractivity contribution is 7.89. The molecule has 0 aromatic heterocycles. The molecule has 2 amide bonds. The summed E-state index contributed by atoms with van der Waals surface area (Å²) >= 11 is 0. The lowest BCUT2D eigenvalue weighted by Gasteiger charge is -2.42. The van der Waals surface area contributed by atoms with Crippen molar-refractivity contribution in [1.82, 2.24) is 10.0 Å². The van der Waals surface area contributed by atoms with Crippen LogP contribution in [0.1, 0.15) is 38.7 Å². The molecule has 3 rings (SSSR count). The van der Waals surface area contributed by atoms with Crippen LogP contribution in [0.2, 0.25) is 0 Å². The van der Waals surface area contributed by atoms with Gasteiger partial charge in [-0.1, -0.05) is 36.8 Å². The van der Waals surface area contributed by atoms with Crippen LogP contribution >= 0.6 is 0 Å². The summed E-state index contributed by atoms with van der Waals surface area (Å²) in [5.41, 5.74) is 1.62. The van der Waals surface area contributed by atoms with Crippen molar-refractivity contribution in [2.24, 2.45) is 0 Å². The fourth-order valence-corrected chi connectivity index (χ4v) is 4.85. The first-order chi connectivity index (χ1) is 14.2. The Bertz CT molecular complexity index is 1000. The molecule has 1 fully saturated rings. The molecule has 1 saturated carbocycles. The van der Waals surface area contributed by atoms with E-state index in [1.807, 2.05) is 18.2 Å².